The van der Waals surface area contributed by atoms with Gasteiger partial charge in [-0.05, 0) is 32.9 Å². The number of rotatable bonds is 7. The quantitative estimate of drug-likeness (QED) is 0.390. The molecule has 0 saturated carbocycles. The molecule has 0 bridgehead atoms. The van der Waals surface area contributed by atoms with Crippen molar-refractivity contribution in [3.8, 4) is 5.75 Å². The number of benzene rings is 1. The van der Waals surface area contributed by atoms with Gasteiger partial charge in [0.2, 0.25) is 0 Å². The molecule has 2 N–H and O–H groups in total. The van der Waals surface area contributed by atoms with Crippen LogP contribution >= 0.6 is 24.0 Å². The van der Waals surface area contributed by atoms with Gasteiger partial charge in [0.25, 0.3) is 0 Å². The lowest BCUT2D eigenvalue weighted by molar-refractivity contribution is 0.0268. The maximum Gasteiger partial charge on any atom is 0.191 e. The zero-order valence-electron chi connectivity index (χ0n) is 14.4. The molecular weight excluding hydrogens is 412 g/mol. The number of hydrogen-bond donors (Lipinski definition) is 2. The molecule has 0 radical (unpaired) electrons. The number of ether oxygens (including phenoxy) is 2. The van der Waals surface area contributed by atoms with E-state index < -0.39 is 0 Å². The number of para-hydroxylation sites is 1. The molecule has 132 valence electrons. The highest BCUT2D eigenvalue weighted by Gasteiger charge is 2.16. The topological polar surface area (TPSA) is 54.9 Å². The molecule has 0 aliphatic heterocycles. The summed E-state index contributed by atoms with van der Waals surface area (Å²) in [7, 11) is 3.36. The average Bonchev–Trinajstić information content (AvgIpc) is 2.50. The largest absolute Gasteiger partial charge is 0.486 e. The van der Waals surface area contributed by atoms with Gasteiger partial charge in [0.15, 0.2) is 17.5 Å². The van der Waals surface area contributed by atoms with Crippen molar-refractivity contribution in [2.45, 2.75) is 32.5 Å². The Hall–Kier alpha value is -1.09. The van der Waals surface area contributed by atoms with Crippen LogP contribution in [-0.2, 0) is 4.74 Å². The second-order valence-corrected chi connectivity index (χ2v) is 5.63. The number of aliphatic imine (C=N–C) groups is 1. The molecule has 5 nitrogen and oxygen atoms in total. The highest BCUT2D eigenvalue weighted by Crippen LogP contribution is 2.16. The predicted molar refractivity (Wildman–Crippen MR) is 102 cm³/mol. The van der Waals surface area contributed by atoms with Gasteiger partial charge in [0, 0.05) is 20.7 Å². The number of nitrogens with one attached hydrogen (secondary N) is 2. The van der Waals surface area contributed by atoms with Gasteiger partial charge in [-0.3, -0.25) is 4.99 Å². The van der Waals surface area contributed by atoms with Gasteiger partial charge in [0.1, 0.15) is 6.10 Å². The van der Waals surface area contributed by atoms with E-state index in [0.717, 1.165) is 0 Å². The Morgan fingerprint density at radius 2 is 1.96 bits per heavy atom. The Morgan fingerprint density at radius 1 is 1.30 bits per heavy atom. The van der Waals surface area contributed by atoms with E-state index >= 15 is 0 Å². The second kappa shape index (κ2) is 10.6. The number of hydrogen-bond acceptors (Lipinski definition) is 3. The van der Waals surface area contributed by atoms with Crippen LogP contribution in [-0.4, -0.2) is 44.9 Å². The second-order valence-electron chi connectivity index (χ2n) is 5.63. The van der Waals surface area contributed by atoms with Crippen LogP contribution in [0, 0.1) is 5.82 Å². The maximum atomic E-state index is 13.5. The highest BCUT2D eigenvalue weighted by molar-refractivity contribution is 14.0. The third-order valence-corrected chi connectivity index (χ3v) is 3.18. The monoisotopic (exact) mass is 439 g/mol. The number of halogens is 2. The van der Waals surface area contributed by atoms with Gasteiger partial charge in [-0.1, -0.05) is 12.1 Å². The molecular formula is C16H27FIN3O2. The first-order valence-corrected chi connectivity index (χ1v) is 7.29. The van der Waals surface area contributed by atoms with Crippen LogP contribution < -0.4 is 15.4 Å². The summed E-state index contributed by atoms with van der Waals surface area (Å²) in [5.41, 5.74) is -0.285. The maximum absolute atomic E-state index is 13.5. The van der Waals surface area contributed by atoms with Crippen molar-refractivity contribution in [1.29, 1.82) is 0 Å². The number of methoxy groups -OCH3 is 1. The first kappa shape index (κ1) is 21.9. The third kappa shape index (κ3) is 8.36. The zero-order valence-corrected chi connectivity index (χ0v) is 16.7. The van der Waals surface area contributed by atoms with Crippen molar-refractivity contribution in [3.63, 3.8) is 0 Å². The van der Waals surface area contributed by atoms with Crippen molar-refractivity contribution >= 4 is 29.9 Å². The van der Waals surface area contributed by atoms with Gasteiger partial charge < -0.3 is 20.1 Å². The lowest BCUT2D eigenvalue weighted by Gasteiger charge is -2.25. The van der Waals surface area contributed by atoms with E-state index in [2.05, 4.69) is 15.6 Å². The molecule has 0 fully saturated rings. The van der Waals surface area contributed by atoms with E-state index in [1.165, 1.54) is 6.07 Å². The van der Waals surface area contributed by atoms with Crippen molar-refractivity contribution in [1.82, 2.24) is 10.6 Å². The van der Waals surface area contributed by atoms with E-state index in [-0.39, 0.29) is 47.2 Å². The normalized spacial score (nSPS) is 13.0. The molecule has 0 heterocycles. The molecule has 0 amide bonds. The summed E-state index contributed by atoms with van der Waals surface area (Å²) in [6.45, 7) is 6.95. The van der Waals surface area contributed by atoms with E-state index in [1.807, 2.05) is 20.8 Å². The van der Waals surface area contributed by atoms with Gasteiger partial charge in [-0.15, -0.1) is 24.0 Å². The smallest absolute Gasteiger partial charge is 0.191 e. The third-order valence-electron chi connectivity index (χ3n) is 3.18. The van der Waals surface area contributed by atoms with Gasteiger partial charge in [0.05, 0.1) is 12.1 Å². The van der Waals surface area contributed by atoms with E-state index in [1.54, 1.807) is 32.4 Å². The molecule has 1 atom stereocenters. The molecule has 1 aromatic rings. The SMILES string of the molecule is CN=C(NCC(C)Oc1ccccc1F)NCC(C)(C)OC.I. The molecule has 0 aromatic heterocycles. The average molecular weight is 439 g/mol. The fourth-order valence-electron chi connectivity index (χ4n) is 1.63. The Balaban J connectivity index is 0.00000484. The van der Waals surface area contributed by atoms with Crippen molar-refractivity contribution in [2.24, 2.45) is 4.99 Å². The minimum Gasteiger partial charge on any atom is -0.486 e. The first-order valence-electron chi connectivity index (χ1n) is 7.29. The summed E-state index contributed by atoms with van der Waals surface area (Å²) in [4.78, 5) is 4.13. The van der Waals surface area contributed by atoms with Crippen LogP contribution in [0.4, 0.5) is 4.39 Å². The van der Waals surface area contributed by atoms with Gasteiger partial charge in [-0.2, -0.15) is 0 Å². The summed E-state index contributed by atoms with van der Waals surface area (Å²) in [6.07, 6.45) is -0.203. The molecule has 23 heavy (non-hydrogen) atoms. The standard InChI is InChI=1S/C16H26FN3O2.HI/c1-12(22-14-9-7-6-8-13(14)17)10-19-15(18-4)20-11-16(2,3)21-5;/h6-9,12H,10-11H2,1-5H3,(H2,18,19,20);1H. The lowest BCUT2D eigenvalue weighted by Crippen LogP contribution is -2.47. The van der Waals surface area contributed by atoms with Crippen LogP contribution in [0.1, 0.15) is 20.8 Å². The molecule has 0 aliphatic rings. The summed E-state index contributed by atoms with van der Waals surface area (Å²) in [5, 5.41) is 6.32. The van der Waals surface area contributed by atoms with Crippen molar-refractivity contribution in [3.05, 3.63) is 30.1 Å². The summed E-state index contributed by atoms with van der Waals surface area (Å²) in [6, 6.07) is 6.36. The Bertz CT molecular complexity index is 498. The molecule has 7 heteroatoms. The number of guanidine groups is 1. The van der Waals surface area contributed by atoms with Crippen molar-refractivity contribution in [2.75, 3.05) is 27.2 Å². The van der Waals surface area contributed by atoms with Crippen LogP contribution in [0.15, 0.2) is 29.3 Å². The molecule has 1 unspecified atom stereocenters. The highest BCUT2D eigenvalue weighted by atomic mass is 127. The van der Waals surface area contributed by atoms with Gasteiger partial charge in [-0.25, -0.2) is 4.39 Å². The fraction of sp³-hybridized carbons (Fsp3) is 0.562. The predicted octanol–water partition coefficient (Wildman–Crippen LogP) is 2.80. The van der Waals surface area contributed by atoms with E-state index in [9.17, 15) is 4.39 Å². The van der Waals surface area contributed by atoms with Crippen molar-refractivity contribution < 1.29 is 13.9 Å². The molecule has 0 aliphatic carbocycles. The summed E-state index contributed by atoms with van der Waals surface area (Å²) in [5.74, 6) is 0.535. The first-order chi connectivity index (χ1) is 10.4. The fourth-order valence-corrected chi connectivity index (χ4v) is 1.63. The molecule has 0 spiro atoms. The lowest BCUT2D eigenvalue weighted by atomic mass is 10.1. The number of nitrogens with zero attached hydrogens (tertiary/aromatic N) is 1. The van der Waals surface area contributed by atoms with Crippen LogP contribution in [0.2, 0.25) is 0 Å². The zero-order chi connectivity index (χ0) is 16.6. The minimum atomic E-state index is -0.362. The van der Waals surface area contributed by atoms with Crippen LogP contribution in [0.25, 0.3) is 0 Å². The minimum absolute atomic E-state index is 0. The van der Waals surface area contributed by atoms with Gasteiger partial charge >= 0.3 is 0 Å². The van der Waals surface area contributed by atoms with Crippen LogP contribution in [0.3, 0.4) is 0 Å². The molecule has 1 aromatic carbocycles. The summed E-state index contributed by atoms with van der Waals surface area (Å²) >= 11 is 0. The van der Waals surface area contributed by atoms with Crippen LogP contribution in [0.5, 0.6) is 5.75 Å². The van der Waals surface area contributed by atoms with E-state index in [0.29, 0.717) is 19.0 Å². The Morgan fingerprint density at radius 3 is 2.52 bits per heavy atom. The Labute approximate surface area is 155 Å². The molecule has 1 rings (SSSR count). The molecule has 0 saturated heterocycles. The van der Waals surface area contributed by atoms with E-state index in [4.69, 9.17) is 9.47 Å². The Kier molecular flexibility index (Phi) is 10.1. The summed E-state index contributed by atoms with van der Waals surface area (Å²) < 4.78 is 24.4.